The van der Waals surface area contributed by atoms with Gasteiger partial charge in [0.25, 0.3) is 0 Å². The second kappa shape index (κ2) is 10.9. The first-order valence-corrected chi connectivity index (χ1v) is 7.13. The van der Waals surface area contributed by atoms with Crippen LogP contribution < -0.4 is 15.4 Å². The van der Waals surface area contributed by atoms with Gasteiger partial charge >= 0.3 is 0 Å². The number of benzene rings is 1. The van der Waals surface area contributed by atoms with E-state index >= 15 is 0 Å². The van der Waals surface area contributed by atoms with Crippen molar-refractivity contribution in [2.75, 3.05) is 26.7 Å². The minimum atomic E-state index is -0.305. The molecule has 0 spiro atoms. The van der Waals surface area contributed by atoms with E-state index < -0.39 is 0 Å². The number of aliphatic imine (C=N–C) groups is 1. The SMILES string of the molecule is CN=C(NCCOc1cccc(F)c1)NCCc1ccco1.I. The molecule has 126 valence electrons. The molecule has 0 fully saturated rings. The fraction of sp³-hybridized carbons (Fsp3) is 0.312. The Hall–Kier alpha value is -1.77. The molecule has 1 aromatic carbocycles. The predicted octanol–water partition coefficient (Wildman–Crippen LogP) is 2.82. The van der Waals surface area contributed by atoms with E-state index in [4.69, 9.17) is 9.15 Å². The Kier molecular flexibility index (Phi) is 9.11. The molecule has 0 amide bonds. The normalized spacial score (nSPS) is 10.8. The Bertz CT molecular complexity index is 591. The third-order valence-electron chi connectivity index (χ3n) is 2.93. The zero-order valence-electron chi connectivity index (χ0n) is 12.9. The van der Waals surface area contributed by atoms with Crippen LogP contribution in [0.5, 0.6) is 5.75 Å². The first-order valence-electron chi connectivity index (χ1n) is 7.13. The third kappa shape index (κ3) is 7.36. The monoisotopic (exact) mass is 433 g/mol. The van der Waals surface area contributed by atoms with Crippen LogP contribution in [-0.4, -0.2) is 32.7 Å². The average Bonchev–Trinajstić information content (AvgIpc) is 3.03. The number of halogens is 2. The van der Waals surface area contributed by atoms with Gasteiger partial charge in [-0.05, 0) is 24.3 Å². The first-order chi connectivity index (χ1) is 10.8. The van der Waals surface area contributed by atoms with Crippen LogP contribution >= 0.6 is 24.0 Å². The van der Waals surface area contributed by atoms with Gasteiger partial charge in [-0.3, -0.25) is 4.99 Å². The van der Waals surface area contributed by atoms with Crippen molar-refractivity contribution in [2.24, 2.45) is 4.99 Å². The minimum absolute atomic E-state index is 0. The van der Waals surface area contributed by atoms with Gasteiger partial charge < -0.3 is 19.8 Å². The molecular formula is C16H21FIN3O2. The molecule has 0 unspecified atom stereocenters. The van der Waals surface area contributed by atoms with Crippen LogP contribution in [0, 0.1) is 5.82 Å². The lowest BCUT2D eigenvalue weighted by Gasteiger charge is -2.12. The van der Waals surface area contributed by atoms with E-state index in [0.29, 0.717) is 24.9 Å². The van der Waals surface area contributed by atoms with E-state index in [1.54, 1.807) is 25.4 Å². The van der Waals surface area contributed by atoms with Crippen molar-refractivity contribution in [2.45, 2.75) is 6.42 Å². The van der Waals surface area contributed by atoms with Crippen molar-refractivity contribution >= 4 is 29.9 Å². The molecule has 2 N–H and O–H groups in total. The summed E-state index contributed by atoms with van der Waals surface area (Å²) in [6, 6.07) is 9.88. The minimum Gasteiger partial charge on any atom is -0.492 e. The van der Waals surface area contributed by atoms with Crippen molar-refractivity contribution in [3.63, 3.8) is 0 Å². The number of nitrogens with zero attached hydrogens (tertiary/aromatic N) is 1. The maximum absolute atomic E-state index is 13.0. The van der Waals surface area contributed by atoms with Crippen LogP contribution in [0.4, 0.5) is 4.39 Å². The summed E-state index contributed by atoms with van der Waals surface area (Å²) in [6.07, 6.45) is 2.44. The molecule has 0 atom stereocenters. The third-order valence-corrected chi connectivity index (χ3v) is 2.93. The predicted molar refractivity (Wildman–Crippen MR) is 99.1 cm³/mol. The zero-order chi connectivity index (χ0) is 15.6. The molecule has 1 heterocycles. The molecule has 0 radical (unpaired) electrons. The lowest BCUT2D eigenvalue weighted by Crippen LogP contribution is -2.40. The van der Waals surface area contributed by atoms with Crippen LogP contribution in [-0.2, 0) is 6.42 Å². The van der Waals surface area contributed by atoms with E-state index in [1.807, 2.05) is 12.1 Å². The van der Waals surface area contributed by atoms with Crippen molar-refractivity contribution in [3.05, 3.63) is 54.2 Å². The second-order valence-corrected chi connectivity index (χ2v) is 4.56. The first kappa shape index (κ1) is 19.3. The fourth-order valence-corrected chi connectivity index (χ4v) is 1.87. The largest absolute Gasteiger partial charge is 0.492 e. The van der Waals surface area contributed by atoms with Gasteiger partial charge in [0, 0.05) is 26.1 Å². The molecule has 2 aromatic rings. The Labute approximate surface area is 152 Å². The van der Waals surface area contributed by atoms with E-state index in [9.17, 15) is 4.39 Å². The van der Waals surface area contributed by atoms with E-state index in [-0.39, 0.29) is 29.8 Å². The number of nitrogens with one attached hydrogen (secondary N) is 2. The fourth-order valence-electron chi connectivity index (χ4n) is 1.87. The number of rotatable bonds is 7. The Morgan fingerprint density at radius 1 is 1.22 bits per heavy atom. The smallest absolute Gasteiger partial charge is 0.191 e. The van der Waals surface area contributed by atoms with Gasteiger partial charge in [0.1, 0.15) is 23.9 Å². The van der Waals surface area contributed by atoms with Crippen LogP contribution in [0.15, 0.2) is 52.1 Å². The Morgan fingerprint density at radius 2 is 2.04 bits per heavy atom. The van der Waals surface area contributed by atoms with Gasteiger partial charge in [-0.25, -0.2) is 4.39 Å². The topological polar surface area (TPSA) is 58.8 Å². The molecule has 0 aliphatic rings. The number of ether oxygens (including phenoxy) is 1. The van der Waals surface area contributed by atoms with Crippen LogP contribution in [0.3, 0.4) is 0 Å². The van der Waals surface area contributed by atoms with Crippen molar-refractivity contribution < 1.29 is 13.5 Å². The standard InChI is InChI=1S/C16H20FN3O2.HI/c1-18-16(19-8-7-14-6-3-10-21-14)20-9-11-22-15-5-2-4-13(17)12-15;/h2-6,10,12H,7-9,11H2,1H3,(H2,18,19,20);1H. The molecule has 2 rings (SSSR count). The Balaban J connectivity index is 0.00000264. The van der Waals surface area contributed by atoms with Crippen molar-refractivity contribution in [1.82, 2.24) is 10.6 Å². The van der Waals surface area contributed by atoms with Gasteiger partial charge in [0.05, 0.1) is 12.8 Å². The number of guanidine groups is 1. The summed E-state index contributed by atoms with van der Waals surface area (Å²) in [6.45, 7) is 1.71. The van der Waals surface area contributed by atoms with Crippen LogP contribution in [0.1, 0.15) is 5.76 Å². The number of hydrogen-bond acceptors (Lipinski definition) is 3. The zero-order valence-corrected chi connectivity index (χ0v) is 15.3. The summed E-state index contributed by atoms with van der Waals surface area (Å²) < 4.78 is 23.7. The molecule has 0 saturated heterocycles. The van der Waals surface area contributed by atoms with Gasteiger partial charge in [-0.2, -0.15) is 0 Å². The highest BCUT2D eigenvalue weighted by molar-refractivity contribution is 14.0. The van der Waals surface area contributed by atoms with Gasteiger partial charge in [0.2, 0.25) is 0 Å². The maximum atomic E-state index is 13.0. The van der Waals surface area contributed by atoms with Gasteiger partial charge in [-0.15, -0.1) is 24.0 Å². The summed E-state index contributed by atoms with van der Waals surface area (Å²) >= 11 is 0. The lowest BCUT2D eigenvalue weighted by molar-refractivity contribution is 0.320. The molecule has 0 aliphatic carbocycles. The molecule has 7 heteroatoms. The van der Waals surface area contributed by atoms with Crippen LogP contribution in [0.2, 0.25) is 0 Å². The highest BCUT2D eigenvalue weighted by Gasteiger charge is 2.00. The second-order valence-electron chi connectivity index (χ2n) is 4.56. The van der Waals surface area contributed by atoms with E-state index in [2.05, 4.69) is 15.6 Å². The summed E-state index contributed by atoms with van der Waals surface area (Å²) in [5.41, 5.74) is 0. The summed E-state index contributed by atoms with van der Waals surface area (Å²) in [5, 5.41) is 6.30. The van der Waals surface area contributed by atoms with Crippen LogP contribution in [0.25, 0.3) is 0 Å². The number of hydrogen-bond donors (Lipinski definition) is 2. The molecule has 5 nitrogen and oxygen atoms in total. The van der Waals surface area contributed by atoms with Gasteiger partial charge in [0.15, 0.2) is 5.96 Å². The maximum Gasteiger partial charge on any atom is 0.191 e. The van der Waals surface area contributed by atoms with Crippen molar-refractivity contribution in [1.29, 1.82) is 0 Å². The molecular weight excluding hydrogens is 412 g/mol. The highest BCUT2D eigenvalue weighted by atomic mass is 127. The molecule has 0 bridgehead atoms. The lowest BCUT2D eigenvalue weighted by atomic mass is 10.3. The van der Waals surface area contributed by atoms with Crippen molar-refractivity contribution in [3.8, 4) is 5.75 Å². The summed E-state index contributed by atoms with van der Waals surface area (Å²) in [5.74, 6) is 1.83. The highest BCUT2D eigenvalue weighted by Crippen LogP contribution is 2.11. The summed E-state index contributed by atoms with van der Waals surface area (Å²) in [7, 11) is 1.70. The summed E-state index contributed by atoms with van der Waals surface area (Å²) in [4.78, 5) is 4.11. The van der Waals surface area contributed by atoms with E-state index in [1.165, 1.54) is 12.1 Å². The molecule has 0 aliphatic heterocycles. The molecule has 0 saturated carbocycles. The average molecular weight is 433 g/mol. The number of furan rings is 1. The van der Waals surface area contributed by atoms with Gasteiger partial charge in [-0.1, -0.05) is 6.07 Å². The Morgan fingerprint density at radius 3 is 2.74 bits per heavy atom. The quantitative estimate of drug-likeness (QED) is 0.305. The molecule has 1 aromatic heterocycles. The van der Waals surface area contributed by atoms with E-state index in [0.717, 1.165) is 18.7 Å². The molecule has 23 heavy (non-hydrogen) atoms.